The number of fused-ring (bicyclic) bond motifs is 10. The van der Waals surface area contributed by atoms with Gasteiger partial charge in [0.1, 0.15) is 11.6 Å². The van der Waals surface area contributed by atoms with Crippen LogP contribution < -0.4 is 4.90 Å². The fraction of sp³-hybridized carbons (Fsp3) is 0.200. The minimum Gasteiger partial charge on any atom is -0.507 e. The molecule has 0 aliphatic heterocycles. The standard InChI is InChI=1S/C50H43FN3O.Pt/c1-30-13-11-17-43(52-30)31-25-34(51)29-36(26-31)54(35-14-9-8-10-15-35)45-24-23-40-47(53-45)46-39(16-12-18-44(46)55)50(40)41-27-32(48(2,3)4)19-21-37(41)38-22-20-33(28-42(38)50)49(5,6)7;/h8-25,27-29,55H,1-7H3;/q-1;. The maximum atomic E-state index is 15.7. The van der Waals surface area contributed by atoms with Crippen LogP contribution in [0.25, 0.3) is 33.6 Å². The zero-order valence-corrected chi connectivity index (χ0v) is 34.9. The number of nitrogens with zero attached hydrogens (tertiary/aromatic N) is 3. The Hall–Kier alpha value is -5.38. The van der Waals surface area contributed by atoms with Crippen LogP contribution in [-0.2, 0) is 37.3 Å². The quantitative estimate of drug-likeness (QED) is 0.179. The van der Waals surface area contributed by atoms with Gasteiger partial charge in [0.2, 0.25) is 0 Å². The fourth-order valence-electron chi connectivity index (χ4n) is 8.59. The molecule has 282 valence electrons. The summed E-state index contributed by atoms with van der Waals surface area (Å²) in [6.07, 6.45) is 0. The largest absolute Gasteiger partial charge is 0.507 e. The van der Waals surface area contributed by atoms with E-state index in [2.05, 4.69) is 101 Å². The molecule has 6 heteroatoms. The summed E-state index contributed by atoms with van der Waals surface area (Å²) in [6.45, 7) is 15.4. The molecule has 0 radical (unpaired) electrons. The second-order valence-corrected chi connectivity index (χ2v) is 17.0. The van der Waals surface area contributed by atoms with Crippen molar-refractivity contribution in [1.82, 2.24) is 9.97 Å². The minimum atomic E-state index is -0.727. The molecule has 56 heavy (non-hydrogen) atoms. The number of pyridine rings is 2. The number of benzene rings is 5. The summed E-state index contributed by atoms with van der Waals surface area (Å²) >= 11 is 0. The summed E-state index contributed by atoms with van der Waals surface area (Å²) in [7, 11) is 0. The maximum Gasteiger partial charge on any atom is 0.136 e. The summed E-state index contributed by atoms with van der Waals surface area (Å²) in [5.41, 5.74) is 13.1. The van der Waals surface area contributed by atoms with Crippen molar-refractivity contribution in [2.45, 2.75) is 64.7 Å². The molecule has 5 aromatic carbocycles. The van der Waals surface area contributed by atoms with Crippen LogP contribution in [-0.4, -0.2) is 15.1 Å². The monoisotopic (exact) mass is 915 g/mol. The van der Waals surface area contributed by atoms with E-state index in [1.807, 2.05) is 72.5 Å². The zero-order valence-electron chi connectivity index (χ0n) is 32.6. The van der Waals surface area contributed by atoms with Crippen LogP contribution in [0.2, 0.25) is 0 Å². The van der Waals surface area contributed by atoms with Gasteiger partial charge in [0.15, 0.2) is 0 Å². The van der Waals surface area contributed by atoms with Crippen LogP contribution in [0.4, 0.5) is 21.6 Å². The summed E-state index contributed by atoms with van der Waals surface area (Å²) < 4.78 is 15.7. The molecule has 7 aromatic rings. The maximum absolute atomic E-state index is 15.7. The smallest absolute Gasteiger partial charge is 0.136 e. The van der Waals surface area contributed by atoms with Gasteiger partial charge in [-0.05, 0) is 104 Å². The number of aromatic nitrogens is 2. The molecule has 2 aliphatic carbocycles. The second-order valence-electron chi connectivity index (χ2n) is 17.0. The molecule has 0 bridgehead atoms. The third-order valence-electron chi connectivity index (χ3n) is 11.3. The number of phenols is 1. The van der Waals surface area contributed by atoms with Crippen molar-refractivity contribution in [1.29, 1.82) is 0 Å². The molecule has 0 saturated heterocycles. The van der Waals surface area contributed by atoms with Gasteiger partial charge >= 0.3 is 0 Å². The Bertz CT molecular complexity index is 2610. The predicted octanol–water partition coefficient (Wildman–Crippen LogP) is 12.5. The van der Waals surface area contributed by atoms with Crippen molar-refractivity contribution < 1.29 is 30.6 Å². The summed E-state index contributed by atoms with van der Waals surface area (Å²) in [4.78, 5) is 12.1. The Labute approximate surface area is 343 Å². The van der Waals surface area contributed by atoms with Gasteiger partial charge in [-0.2, -0.15) is 0 Å². The number of hydrogen-bond acceptors (Lipinski definition) is 4. The van der Waals surface area contributed by atoms with E-state index >= 15 is 4.39 Å². The molecular formula is C50H43FN3OPt-. The number of anilines is 3. The van der Waals surface area contributed by atoms with Crippen LogP contribution in [0.3, 0.4) is 0 Å². The number of para-hydroxylation sites is 1. The number of rotatable bonds is 4. The van der Waals surface area contributed by atoms with Crippen LogP contribution in [0.15, 0.2) is 127 Å². The van der Waals surface area contributed by atoms with E-state index < -0.39 is 11.2 Å². The topological polar surface area (TPSA) is 49.2 Å². The molecule has 2 aliphatic rings. The Balaban J connectivity index is 0.00000441. The van der Waals surface area contributed by atoms with Crippen molar-refractivity contribution in [3.05, 3.63) is 178 Å². The Morgan fingerprint density at radius 1 is 0.643 bits per heavy atom. The zero-order chi connectivity index (χ0) is 38.4. The minimum absolute atomic E-state index is 0. The third-order valence-corrected chi connectivity index (χ3v) is 11.3. The summed E-state index contributed by atoms with van der Waals surface area (Å²) in [5, 5.41) is 11.9. The molecule has 0 fully saturated rings. The fourth-order valence-corrected chi connectivity index (χ4v) is 8.59. The average molecular weight is 916 g/mol. The van der Waals surface area contributed by atoms with Gasteiger partial charge in [-0.15, -0.1) is 17.7 Å². The second kappa shape index (κ2) is 13.4. The van der Waals surface area contributed by atoms with E-state index in [-0.39, 0.29) is 37.6 Å². The molecule has 1 spiro atoms. The number of hydrogen-bond donors (Lipinski definition) is 1. The van der Waals surface area contributed by atoms with Crippen LogP contribution >= 0.6 is 0 Å². The Morgan fingerprint density at radius 2 is 1.29 bits per heavy atom. The first-order valence-corrected chi connectivity index (χ1v) is 18.9. The SMILES string of the molecule is Cc1cccc(-c2[c-]c(N(c3ccccc3)c3ccc4c(n3)-c3c(O)cccc3C43c4cc(C(C)(C)C)ccc4-c4ccc(C(C)(C)C)cc43)cc(F)c2)n1.[Pt]. The van der Waals surface area contributed by atoms with Gasteiger partial charge < -0.3 is 15.0 Å². The predicted molar refractivity (Wildman–Crippen MR) is 221 cm³/mol. The van der Waals surface area contributed by atoms with Gasteiger partial charge in [0, 0.05) is 43.8 Å². The Morgan fingerprint density at radius 3 is 1.91 bits per heavy atom. The van der Waals surface area contributed by atoms with Crippen molar-refractivity contribution >= 4 is 17.2 Å². The first-order valence-electron chi connectivity index (χ1n) is 18.9. The van der Waals surface area contributed by atoms with E-state index in [0.29, 0.717) is 34.0 Å². The van der Waals surface area contributed by atoms with Crippen LogP contribution in [0.1, 0.15) is 80.6 Å². The van der Waals surface area contributed by atoms with Crippen LogP contribution in [0.5, 0.6) is 5.75 Å². The molecular weight excluding hydrogens is 873 g/mol. The van der Waals surface area contributed by atoms with E-state index in [1.165, 1.54) is 45.5 Å². The first-order chi connectivity index (χ1) is 26.2. The molecule has 0 atom stereocenters. The van der Waals surface area contributed by atoms with E-state index in [4.69, 9.17) is 4.98 Å². The number of halogens is 1. The molecule has 0 amide bonds. The normalized spacial score (nSPS) is 13.4. The van der Waals surface area contributed by atoms with Gasteiger partial charge in [-0.1, -0.05) is 133 Å². The van der Waals surface area contributed by atoms with Crippen molar-refractivity contribution in [3.63, 3.8) is 0 Å². The van der Waals surface area contributed by atoms with E-state index in [9.17, 15) is 5.11 Å². The molecule has 2 aromatic heterocycles. The van der Waals surface area contributed by atoms with Gasteiger partial charge in [0.05, 0.1) is 11.1 Å². The van der Waals surface area contributed by atoms with Crippen molar-refractivity contribution in [2.75, 3.05) is 4.90 Å². The summed E-state index contributed by atoms with van der Waals surface area (Å²) in [5.74, 6) is 0.344. The van der Waals surface area contributed by atoms with Gasteiger partial charge in [-0.25, -0.2) is 9.37 Å². The molecule has 4 nitrogen and oxygen atoms in total. The van der Waals surface area contributed by atoms with Crippen LogP contribution in [0, 0.1) is 18.8 Å². The van der Waals surface area contributed by atoms with Gasteiger partial charge in [0.25, 0.3) is 0 Å². The van der Waals surface area contributed by atoms with E-state index in [0.717, 1.165) is 22.5 Å². The molecule has 0 unspecified atom stereocenters. The third kappa shape index (κ3) is 5.82. The van der Waals surface area contributed by atoms with Gasteiger partial charge in [-0.3, -0.25) is 0 Å². The van der Waals surface area contributed by atoms with Crippen molar-refractivity contribution in [3.8, 4) is 39.4 Å². The number of aromatic hydroxyl groups is 1. The average Bonchev–Trinajstić information content (AvgIpc) is 3.61. The van der Waals surface area contributed by atoms with E-state index in [1.54, 1.807) is 6.07 Å². The molecule has 0 saturated carbocycles. The first kappa shape index (κ1) is 37.5. The molecule has 1 N–H and O–H groups in total. The van der Waals surface area contributed by atoms with Crippen molar-refractivity contribution in [2.24, 2.45) is 0 Å². The molecule has 2 heterocycles. The Kier molecular flexibility index (Phi) is 8.97. The summed E-state index contributed by atoms with van der Waals surface area (Å²) in [6, 6.07) is 45.8. The molecule has 9 rings (SSSR count). The number of aryl methyl sites for hydroxylation is 1. The number of phenolic OH excluding ortho intramolecular Hbond substituents is 1.